The lowest BCUT2D eigenvalue weighted by atomic mass is 9.83. The van der Waals surface area contributed by atoms with Gasteiger partial charge in [-0.15, -0.1) is 0 Å². The molecule has 2 aliphatic rings. The smallest absolute Gasteiger partial charge is 0.160 e. The molecular formula is C11H20O2. The van der Waals surface area contributed by atoms with E-state index in [1.165, 1.54) is 38.5 Å². The van der Waals surface area contributed by atoms with Gasteiger partial charge in [-0.2, -0.15) is 0 Å². The van der Waals surface area contributed by atoms with Crippen molar-refractivity contribution in [1.82, 2.24) is 0 Å². The van der Waals surface area contributed by atoms with E-state index in [9.17, 15) is 0 Å². The van der Waals surface area contributed by atoms with Gasteiger partial charge in [0.05, 0.1) is 6.61 Å². The Labute approximate surface area is 80.6 Å². The molecule has 1 aliphatic carbocycles. The molecule has 0 N–H and O–H groups in total. The maximum atomic E-state index is 5.64. The number of hydrogen-bond acceptors (Lipinski definition) is 2. The molecule has 0 aromatic rings. The molecule has 1 saturated carbocycles. The summed E-state index contributed by atoms with van der Waals surface area (Å²) in [6.07, 6.45) is 8.34. The SMILES string of the molecule is CO[C@@H]1OC[C@H]2CCCCCC[C@@H]21. The fraction of sp³-hybridized carbons (Fsp3) is 1.00. The van der Waals surface area contributed by atoms with E-state index in [0.717, 1.165) is 12.5 Å². The van der Waals surface area contributed by atoms with Crippen molar-refractivity contribution >= 4 is 0 Å². The molecule has 0 amide bonds. The van der Waals surface area contributed by atoms with Crippen LogP contribution < -0.4 is 0 Å². The molecule has 1 heterocycles. The van der Waals surface area contributed by atoms with E-state index >= 15 is 0 Å². The summed E-state index contributed by atoms with van der Waals surface area (Å²) in [7, 11) is 1.77. The average Bonchev–Trinajstić information content (AvgIpc) is 2.46. The lowest BCUT2D eigenvalue weighted by Gasteiger charge is -2.23. The predicted molar refractivity (Wildman–Crippen MR) is 51.4 cm³/mol. The molecule has 2 fully saturated rings. The first-order valence-corrected chi connectivity index (χ1v) is 5.56. The van der Waals surface area contributed by atoms with E-state index in [-0.39, 0.29) is 6.29 Å². The summed E-state index contributed by atoms with van der Waals surface area (Å²) < 4.78 is 11.0. The summed E-state index contributed by atoms with van der Waals surface area (Å²) in [4.78, 5) is 0. The predicted octanol–water partition coefficient (Wildman–Crippen LogP) is 2.58. The van der Waals surface area contributed by atoms with Crippen LogP contribution in [0.3, 0.4) is 0 Å². The van der Waals surface area contributed by atoms with Gasteiger partial charge < -0.3 is 9.47 Å². The maximum absolute atomic E-state index is 5.64. The minimum absolute atomic E-state index is 0.100. The van der Waals surface area contributed by atoms with E-state index in [2.05, 4.69) is 0 Å². The zero-order chi connectivity index (χ0) is 9.10. The van der Waals surface area contributed by atoms with Gasteiger partial charge in [-0.1, -0.05) is 25.7 Å². The van der Waals surface area contributed by atoms with Crippen LogP contribution in [0.4, 0.5) is 0 Å². The van der Waals surface area contributed by atoms with Crippen LogP contribution in [0, 0.1) is 11.8 Å². The second kappa shape index (κ2) is 4.43. The molecule has 0 radical (unpaired) electrons. The summed E-state index contributed by atoms with van der Waals surface area (Å²) in [6.45, 7) is 0.934. The Bertz CT molecular complexity index is 158. The normalized spacial score (nSPS) is 40.8. The second-order valence-electron chi connectivity index (χ2n) is 4.35. The minimum Gasteiger partial charge on any atom is -0.356 e. The standard InChI is InChI=1S/C11H20O2/c1-12-11-10-7-5-3-2-4-6-9(10)8-13-11/h9-11H,2-8H2,1H3/t9-,10+,11-/m1/s1. The van der Waals surface area contributed by atoms with E-state index in [0.29, 0.717) is 5.92 Å². The highest BCUT2D eigenvalue weighted by molar-refractivity contribution is 4.80. The highest BCUT2D eigenvalue weighted by atomic mass is 16.7. The number of rotatable bonds is 1. The Kier molecular flexibility index (Phi) is 3.23. The van der Waals surface area contributed by atoms with Crippen LogP contribution in [0.25, 0.3) is 0 Å². The summed E-state index contributed by atoms with van der Waals surface area (Å²) in [6, 6.07) is 0. The van der Waals surface area contributed by atoms with Crippen molar-refractivity contribution in [1.29, 1.82) is 0 Å². The van der Waals surface area contributed by atoms with Gasteiger partial charge in [-0.25, -0.2) is 0 Å². The van der Waals surface area contributed by atoms with Crippen LogP contribution in [0.2, 0.25) is 0 Å². The number of hydrogen-bond donors (Lipinski definition) is 0. The van der Waals surface area contributed by atoms with Crippen LogP contribution in [0.5, 0.6) is 0 Å². The van der Waals surface area contributed by atoms with Crippen molar-refractivity contribution in [3.05, 3.63) is 0 Å². The zero-order valence-corrected chi connectivity index (χ0v) is 8.50. The van der Waals surface area contributed by atoms with Gasteiger partial charge in [-0.05, 0) is 18.8 Å². The van der Waals surface area contributed by atoms with E-state index in [4.69, 9.17) is 9.47 Å². The molecule has 2 rings (SSSR count). The number of methoxy groups -OCH3 is 1. The van der Waals surface area contributed by atoms with Crippen molar-refractivity contribution in [3.8, 4) is 0 Å². The molecule has 0 bridgehead atoms. The van der Waals surface area contributed by atoms with Crippen LogP contribution >= 0.6 is 0 Å². The largest absolute Gasteiger partial charge is 0.356 e. The Morgan fingerprint density at radius 2 is 1.85 bits per heavy atom. The molecule has 0 aromatic heterocycles. The summed E-state index contributed by atoms with van der Waals surface area (Å²) in [5, 5.41) is 0. The van der Waals surface area contributed by atoms with Crippen molar-refractivity contribution in [2.24, 2.45) is 11.8 Å². The summed E-state index contributed by atoms with van der Waals surface area (Å²) >= 11 is 0. The Morgan fingerprint density at radius 3 is 2.62 bits per heavy atom. The molecule has 1 aliphatic heterocycles. The Balaban J connectivity index is 1.95. The van der Waals surface area contributed by atoms with Crippen molar-refractivity contribution in [3.63, 3.8) is 0 Å². The summed E-state index contributed by atoms with van der Waals surface area (Å²) in [5.41, 5.74) is 0. The number of ether oxygens (including phenoxy) is 2. The average molecular weight is 184 g/mol. The van der Waals surface area contributed by atoms with E-state index in [1.807, 2.05) is 0 Å². The highest BCUT2D eigenvalue weighted by Crippen LogP contribution is 2.36. The molecule has 3 atom stereocenters. The van der Waals surface area contributed by atoms with Crippen molar-refractivity contribution < 1.29 is 9.47 Å². The van der Waals surface area contributed by atoms with Crippen LogP contribution in [-0.4, -0.2) is 20.0 Å². The first kappa shape index (κ1) is 9.47. The zero-order valence-electron chi connectivity index (χ0n) is 8.50. The van der Waals surface area contributed by atoms with Gasteiger partial charge in [0.1, 0.15) is 0 Å². The fourth-order valence-electron chi connectivity index (χ4n) is 2.74. The second-order valence-corrected chi connectivity index (χ2v) is 4.35. The molecule has 1 saturated heterocycles. The van der Waals surface area contributed by atoms with Gasteiger partial charge >= 0.3 is 0 Å². The van der Waals surface area contributed by atoms with Gasteiger partial charge in [-0.3, -0.25) is 0 Å². The molecule has 2 heteroatoms. The highest BCUT2D eigenvalue weighted by Gasteiger charge is 2.36. The monoisotopic (exact) mass is 184 g/mol. The maximum Gasteiger partial charge on any atom is 0.160 e. The van der Waals surface area contributed by atoms with Gasteiger partial charge in [0.15, 0.2) is 6.29 Å². The minimum atomic E-state index is 0.100. The molecule has 0 unspecified atom stereocenters. The Hall–Kier alpha value is -0.0800. The topological polar surface area (TPSA) is 18.5 Å². The lowest BCUT2D eigenvalue weighted by molar-refractivity contribution is -0.111. The van der Waals surface area contributed by atoms with Crippen molar-refractivity contribution in [2.45, 2.75) is 44.8 Å². The molecule has 76 valence electrons. The fourth-order valence-corrected chi connectivity index (χ4v) is 2.74. The lowest BCUT2D eigenvalue weighted by Crippen LogP contribution is -2.23. The third kappa shape index (κ3) is 2.05. The third-order valence-electron chi connectivity index (χ3n) is 3.52. The molecule has 0 aromatic carbocycles. The van der Waals surface area contributed by atoms with Crippen LogP contribution in [-0.2, 0) is 9.47 Å². The summed E-state index contributed by atoms with van der Waals surface area (Å²) in [5.74, 6) is 1.47. The molecule has 2 nitrogen and oxygen atoms in total. The first-order chi connectivity index (χ1) is 6.42. The van der Waals surface area contributed by atoms with Gasteiger partial charge in [0.2, 0.25) is 0 Å². The van der Waals surface area contributed by atoms with E-state index < -0.39 is 0 Å². The Morgan fingerprint density at radius 1 is 1.08 bits per heavy atom. The molecule has 0 spiro atoms. The molecular weight excluding hydrogens is 164 g/mol. The van der Waals surface area contributed by atoms with Crippen molar-refractivity contribution in [2.75, 3.05) is 13.7 Å². The number of fused-ring (bicyclic) bond motifs is 1. The molecule has 13 heavy (non-hydrogen) atoms. The van der Waals surface area contributed by atoms with Crippen LogP contribution in [0.15, 0.2) is 0 Å². The van der Waals surface area contributed by atoms with Gasteiger partial charge in [0.25, 0.3) is 0 Å². The van der Waals surface area contributed by atoms with Crippen LogP contribution in [0.1, 0.15) is 38.5 Å². The van der Waals surface area contributed by atoms with Gasteiger partial charge in [0, 0.05) is 13.0 Å². The third-order valence-corrected chi connectivity index (χ3v) is 3.52. The first-order valence-electron chi connectivity index (χ1n) is 5.56. The van der Waals surface area contributed by atoms with E-state index in [1.54, 1.807) is 7.11 Å². The quantitative estimate of drug-likeness (QED) is 0.623.